The second-order valence-corrected chi connectivity index (χ2v) is 7.13. The van der Waals surface area contributed by atoms with Gasteiger partial charge in [-0.3, -0.25) is 4.57 Å². The minimum Gasteiger partial charge on any atom is -0.497 e. The molecule has 4 aromatic rings. The van der Waals surface area contributed by atoms with Crippen LogP contribution in [0.1, 0.15) is 17.4 Å². The smallest absolute Gasteiger partial charge is 0.333 e. The van der Waals surface area contributed by atoms with Crippen molar-refractivity contribution < 1.29 is 22.6 Å². The van der Waals surface area contributed by atoms with Gasteiger partial charge in [0.15, 0.2) is 11.2 Å². The molecule has 0 bridgehead atoms. The maximum Gasteiger partial charge on any atom is 0.333 e. The third-order valence-electron chi connectivity index (χ3n) is 4.96. The summed E-state index contributed by atoms with van der Waals surface area (Å²) >= 11 is 0. The lowest BCUT2D eigenvalue weighted by atomic mass is 10.2. The SMILES string of the molecule is COc1ccc(Cn2c(=O)n(C(F)C(F)F)c3c(OCc4ccccc4)nc(N)nc32)cc1. The summed E-state index contributed by atoms with van der Waals surface area (Å²) in [6.07, 6.45) is -6.38. The molecule has 0 spiro atoms. The number of halogens is 3. The molecule has 0 saturated carbocycles. The van der Waals surface area contributed by atoms with Gasteiger partial charge >= 0.3 is 5.69 Å². The van der Waals surface area contributed by atoms with Gasteiger partial charge in [-0.2, -0.15) is 9.97 Å². The van der Waals surface area contributed by atoms with E-state index in [0.717, 1.165) is 10.1 Å². The summed E-state index contributed by atoms with van der Waals surface area (Å²) in [4.78, 5) is 21.0. The molecule has 1 unspecified atom stereocenters. The number of nitrogens with two attached hydrogens (primary N) is 1. The molecule has 2 aromatic heterocycles. The van der Waals surface area contributed by atoms with Crippen molar-refractivity contribution in [3.63, 3.8) is 0 Å². The first-order valence-corrected chi connectivity index (χ1v) is 9.89. The van der Waals surface area contributed by atoms with Crippen LogP contribution in [-0.2, 0) is 13.2 Å². The van der Waals surface area contributed by atoms with Crippen molar-refractivity contribution in [2.45, 2.75) is 25.9 Å². The number of alkyl halides is 3. The molecule has 0 aliphatic rings. The molecule has 2 aromatic carbocycles. The number of anilines is 1. The van der Waals surface area contributed by atoms with Crippen LogP contribution in [0, 0.1) is 0 Å². The highest BCUT2D eigenvalue weighted by molar-refractivity contribution is 5.79. The summed E-state index contributed by atoms with van der Waals surface area (Å²) in [6, 6.07) is 15.7. The number of imidazole rings is 1. The summed E-state index contributed by atoms with van der Waals surface area (Å²) in [7, 11) is 1.51. The molecule has 1 atom stereocenters. The molecule has 0 saturated heterocycles. The molecule has 0 amide bonds. The number of benzene rings is 2. The molecule has 2 heterocycles. The zero-order valence-corrected chi connectivity index (χ0v) is 17.5. The van der Waals surface area contributed by atoms with Gasteiger partial charge in [0.2, 0.25) is 18.1 Å². The van der Waals surface area contributed by atoms with E-state index in [1.807, 2.05) is 6.07 Å². The van der Waals surface area contributed by atoms with Gasteiger partial charge < -0.3 is 15.2 Å². The monoisotopic (exact) mass is 459 g/mol. The molecular formula is C22H20F3N5O3. The first-order chi connectivity index (χ1) is 15.9. The average molecular weight is 459 g/mol. The highest BCUT2D eigenvalue weighted by Crippen LogP contribution is 2.29. The van der Waals surface area contributed by atoms with E-state index in [0.29, 0.717) is 15.9 Å². The highest BCUT2D eigenvalue weighted by atomic mass is 19.3. The Kier molecular flexibility index (Phi) is 6.20. The Morgan fingerprint density at radius 2 is 1.70 bits per heavy atom. The van der Waals surface area contributed by atoms with Crippen molar-refractivity contribution in [3.05, 3.63) is 76.2 Å². The summed E-state index contributed by atoms with van der Waals surface area (Å²) in [5, 5.41) is 0. The Hall–Kier alpha value is -4.02. The van der Waals surface area contributed by atoms with Crippen LogP contribution >= 0.6 is 0 Å². The number of nitrogens with zero attached hydrogens (tertiary/aromatic N) is 4. The van der Waals surface area contributed by atoms with Crippen molar-refractivity contribution >= 4 is 17.1 Å². The minimum atomic E-state index is -3.46. The fourth-order valence-corrected chi connectivity index (χ4v) is 3.38. The van der Waals surface area contributed by atoms with Crippen LogP contribution < -0.4 is 20.9 Å². The number of ether oxygens (including phenoxy) is 2. The zero-order valence-electron chi connectivity index (χ0n) is 17.5. The predicted octanol–water partition coefficient (Wildman–Crippen LogP) is 3.54. The van der Waals surface area contributed by atoms with Gasteiger partial charge in [0, 0.05) is 0 Å². The average Bonchev–Trinajstić information content (AvgIpc) is 3.09. The molecule has 33 heavy (non-hydrogen) atoms. The van der Waals surface area contributed by atoms with E-state index in [2.05, 4.69) is 9.97 Å². The minimum absolute atomic E-state index is 0.00409. The number of hydrogen-bond donors (Lipinski definition) is 1. The summed E-state index contributed by atoms with van der Waals surface area (Å²) in [5.74, 6) is 0.0760. The van der Waals surface area contributed by atoms with Gasteiger partial charge in [-0.15, -0.1) is 0 Å². The van der Waals surface area contributed by atoms with Crippen LogP contribution in [0.5, 0.6) is 11.6 Å². The van der Waals surface area contributed by atoms with Crippen LogP contribution in [0.2, 0.25) is 0 Å². The lowest BCUT2D eigenvalue weighted by molar-refractivity contribution is 0.00791. The maximum atomic E-state index is 14.6. The van der Waals surface area contributed by atoms with Crippen LogP contribution in [0.15, 0.2) is 59.4 Å². The van der Waals surface area contributed by atoms with Gasteiger partial charge in [0.25, 0.3) is 6.43 Å². The third-order valence-corrected chi connectivity index (χ3v) is 4.96. The van der Waals surface area contributed by atoms with Gasteiger partial charge in [-0.05, 0) is 23.3 Å². The van der Waals surface area contributed by atoms with E-state index in [-0.39, 0.29) is 36.1 Å². The Morgan fingerprint density at radius 3 is 2.33 bits per heavy atom. The number of nitrogen functional groups attached to an aromatic ring is 1. The predicted molar refractivity (Wildman–Crippen MR) is 115 cm³/mol. The molecular weight excluding hydrogens is 439 g/mol. The molecule has 11 heteroatoms. The number of rotatable bonds is 8. The second kappa shape index (κ2) is 9.23. The second-order valence-electron chi connectivity index (χ2n) is 7.13. The van der Waals surface area contributed by atoms with Crippen molar-refractivity contribution in [1.82, 2.24) is 19.1 Å². The standard InChI is InChI=1S/C22H20F3N5O3/c1-32-15-9-7-13(8-10-15)11-29-19-16(30(22(29)31)18(25)17(23)24)20(28-21(26)27-19)33-12-14-5-3-2-4-6-14/h2-10,17-18H,11-12H2,1H3,(H2,26,27,28). The summed E-state index contributed by atoms with van der Waals surface area (Å²) in [6.45, 7) is -0.0766. The van der Waals surface area contributed by atoms with Gasteiger partial charge in [0.05, 0.1) is 13.7 Å². The van der Waals surface area contributed by atoms with Crippen LogP contribution in [-0.4, -0.2) is 32.6 Å². The van der Waals surface area contributed by atoms with E-state index >= 15 is 0 Å². The van der Waals surface area contributed by atoms with E-state index in [1.54, 1.807) is 48.5 Å². The van der Waals surface area contributed by atoms with Crippen LogP contribution in [0.4, 0.5) is 19.1 Å². The number of methoxy groups -OCH3 is 1. The first kappa shape index (κ1) is 22.2. The van der Waals surface area contributed by atoms with E-state index in [4.69, 9.17) is 15.2 Å². The summed E-state index contributed by atoms with van der Waals surface area (Å²) in [5.41, 5.74) is 5.74. The summed E-state index contributed by atoms with van der Waals surface area (Å²) < 4.78 is 53.4. The lowest BCUT2D eigenvalue weighted by Gasteiger charge is -2.12. The first-order valence-electron chi connectivity index (χ1n) is 9.89. The molecule has 8 nitrogen and oxygen atoms in total. The Balaban J connectivity index is 1.84. The van der Waals surface area contributed by atoms with E-state index in [9.17, 15) is 18.0 Å². The Bertz CT molecular complexity index is 1310. The Morgan fingerprint density at radius 1 is 1.00 bits per heavy atom. The highest BCUT2D eigenvalue weighted by Gasteiger charge is 2.31. The van der Waals surface area contributed by atoms with E-state index < -0.39 is 18.4 Å². The van der Waals surface area contributed by atoms with Crippen molar-refractivity contribution in [1.29, 1.82) is 0 Å². The van der Waals surface area contributed by atoms with Gasteiger partial charge in [0.1, 0.15) is 12.4 Å². The molecule has 2 N–H and O–H groups in total. The molecule has 0 radical (unpaired) electrons. The Labute approximate surface area is 186 Å². The molecule has 0 fully saturated rings. The number of aromatic nitrogens is 4. The fourth-order valence-electron chi connectivity index (χ4n) is 3.38. The molecule has 172 valence electrons. The number of hydrogen-bond acceptors (Lipinski definition) is 6. The molecule has 0 aliphatic heterocycles. The van der Waals surface area contributed by atoms with Gasteiger partial charge in [-0.1, -0.05) is 42.5 Å². The van der Waals surface area contributed by atoms with Crippen LogP contribution in [0.25, 0.3) is 11.2 Å². The van der Waals surface area contributed by atoms with Crippen LogP contribution in [0.3, 0.4) is 0 Å². The maximum absolute atomic E-state index is 14.6. The zero-order chi connectivity index (χ0) is 23.5. The normalized spacial score (nSPS) is 12.3. The molecule has 0 aliphatic carbocycles. The fraction of sp³-hybridized carbons (Fsp3) is 0.227. The van der Waals surface area contributed by atoms with E-state index in [1.165, 1.54) is 7.11 Å². The lowest BCUT2D eigenvalue weighted by Crippen LogP contribution is -2.29. The largest absolute Gasteiger partial charge is 0.497 e. The topological polar surface area (TPSA) is 97.2 Å². The van der Waals surface area contributed by atoms with Crippen molar-refractivity contribution in [3.8, 4) is 11.6 Å². The molecule has 4 rings (SSSR count). The number of fused-ring (bicyclic) bond motifs is 1. The van der Waals surface area contributed by atoms with Crippen molar-refractivity contribution in [2.24, 2.45) is 0 Å². The third kappa shape index (κ3) is 4.47. The van der Waals surface area contributed by atoms with Crippen molar-refractivity contribution in [2.75, 3.05) is 12.8 Å². The van der Waals surface area contributed by atoms with Gasteiger partial charge in [-0.25, -0.2) is 22.5 Å². The quantitative estimate of drug-likeness (QED) is 0.433.